The number of esters is 2. The number of nitrogens with one attached hydrogen (secondary N) is 1. The summed E-state index contributed by atoms with van der Waals surface area (Å²) < 4.78 is 22.4. The molecule has 1 fully saturated rings. The molecule has 1 aliphatic heterocycles. The second kappa shape index (κ2) is 9.62. The fraction of sp³-hybridized carbons (Fsp3) is 0.500. The van der Waals surface area contributed by atoms with Gasteiger partial charge in [-0.2, -0.15) is 0 Å². The van der Waals surface area contributed by atoms with Gasteiger partial charge >= 0.3 is 17.6 Å². The second-order valence-corrected chi connectivity index (χ2v) is 9.79. The van der Waals surface area contributed by atoms with E-state index >= 15 is 0 Å². The zero-order valence-corrected chi connectivity index (χ0v) is 20.1. The van der Waals surface area contributed by atoms with Crippen LogP contribution in [0.25, 0.3) is 11.0 Å². The number of allylic oxidation sites excluding steroid dienone is 1. The number of rotatable bonds is 7. The molecule has 1 aliphatic carbocycles. The number of carbonyl (C=O) groups excluding carboxylic acids is 2. The largest absolute Gasteiger partial charge is 0.485 e. The smallest absolute Gasteiger partial charge is 0.379 e. The van der Waals surface area contributed by atoms with Crippen molar-refractivity contribution in [3.63, 3.8) is 0 Å². The Balaban J connectivity index is 1.46. The van der Waals surface area contributed by atoms with E-state index in [1.807, 2.05) is 19.9 Å². The van der Waals surface area contributed by atoms with Gasteiger partial charge in [0.2, 0.25) is 5.75 Å². The van der Waals surface area contributed by atoms with Crippen LogP contribution in [-0.2, 0) is 20.7 Å². The first-order chi connectivity index (χ1) is 16.1. The highest BCUT2D eigenvalue weighted by Crippen LogP contribution is 2.37. The topological polar surface area (TPSA) is 104 Å². The van der Waals surface area contributed by atoms with Crippen LogP contribution in [0.15, 0.2) is 39.1 Å². The van der Waals surface area contributed by atoms with E-state index in [4.69, 9.17) is 18.6 Å². The summed E-state index contributed by atoms with van der Waals surface area (Å²) in [6.45, 7) is 7.36. The Bertz CT molecular complexity index is 1180. The van der Waals surface area contributed by atoms with Crippen LogP contribution in [0, 0.1) is 0 Å². The van der Waals surface area contributed by atoms with Gasteiger partial charge in [0.25, 0.3) is 0 Å². The summed E-state index contributed by atoms with van der Waals surface area (Å²) in [7, 11) is 0. The number of carbonyl (C=O) groups is 2. The predicted molar refractivity (Wildman–Crippen MR) is 126 cm³/mol. The number of hydrogen-bond acceptors (Lipinski definition) is 8. The second-order valence-electron chi connectivity index (χ2n) is 9.79. The van der Waals surface area contributed by atoms with Gasteiger partial charge in [-0.25, -0.2) is 9.59 Å². The van der Waals surface area contributed by atoms with E-state index < -0.39 is 23.3 Å². The third-order valence-corrected chi connectivity index (χ3v) is 6.22. The van der Waals surface area contributed by atoms with E-state index in [1.165, 1.54) is 25.0 Å². The van der Waals surface area contributed by atoms with Crippen molar-refractivity contribution < 1.29 is 28.2 Å². The van der Waals surface area contributed by atoms with Crippen LogP contribution in [-0.4, -0.2) is 36.2 Å². The molecule has 2 aromatic rings. The fourth-order valence-electron chi connectivity index (χ4n) is 4.43. The lowest BCUT2D eigenvalue weighted by Crippen LogP contribution is -2.45. The Morgan fingerprint density at radius 1 is 1.18 bits per heavy atom. The van der Waals surface area contributed by atoms with Crippen LogP contribution in [0.2, 0.25) is 0 Å². The van der Waals surface area contributed by atoms with Crippen LogP contribution in [0.1, 0.15) is 58.9 Å². The Labute approximate surface area is 198 Å². The number of ether oxygens (including phenoxy) is 3. The zero-order chi connectivity index (χ0) is 24.5. The molecule has 1 aromatic carbocycles. The minimum absolute atomic E-state index is 0.172. The van der Waals surface area contributed by atoms with Crippen LogP contribution in [0.4, 0.5) is 0 Å². The Kier molecular flexibility index (Phi) is 6.79. The van der Waals surface area contributed by atoms with Crippen LogP contribution in [0.3, 0.4) is 0 Å². The molecule has 1 atom stereocenters. The first-order valence-electron chi connectivity index (χ1n) is 11.7. The average molecular weight is 470 g/mol. The molecular weight excluding hydrogens is 438 g/mol. The van der Waals surface area contributed by atoms with Crippen molar-refractivity contribution in [1.82, 2.24) is 5.32 Å². The van der Waals surface area contributed by atoms with Crippen molar-refractivity contribution in [3.8, 4) is 11.5 Å². The summed E-state index contributed by atoms with van der Waals surface area (Å²) in [6.07, 6.45) is 6.01. The van der Waals surface area contributed by atoms with Gasteiger partial charge in [0.05, 0.1) is 6.54 Å². The van der Waals surface area contributed by atoms with E-state index in [0.29, 0.717) is 29.2 Å². The molecule has 34 heavy (non-hydrogen) atoms. The summed E-state index contributed by atoms with van der Waals surface area (Å²) in [5, 5.41) is 3.88. The van der Waals surface area contributed by atoms with E-state index in [9.17, 15) is 14.4 Å². The van der Waals surface area contributed by atoms with E-state index in [2.05, 4.69) is 5.32 Å². The lowest BCUT2D eigenvalue weighted by molar-refractivity contribution is -0.163. The molecule has 182 valence electrons. The molecule has 1 N–H and O–H groups in total. The van der Waals surface area contributed by atoms with Crippen molar-refractivity contribution in [2.75, 3.05) is 6.54 Å². The van der Waals surface area contributed by atoms with Gasteiger partial charge in [-0.05, 0) is 58.2 Å². The van der Waals surface area contributed by atoms with Crippen LogP contribution in [0.5, 0.6) is 11.5 Å². The Morgan fingerprint density at radius 3 is 2.62 bits per heavy atom. The molecular formula is C26H31NO7. The minimum atomic E-state index is -0.856. The summed E-state index contributed by atoms with van der Waals surface area (Å²) in [4.78, 5) is 36.6. The molecule has 1 aromatic heterocycles. The normalized spacial score (nSPS) is 17.8. The summed E-state index contributed by atoms with van der Waals surface area (Å²) in [6, 6.07) is 5.36. The lowest BCUT2D eigenvalue weighted by atomic mass is 9.96. The van der Waals surface area contributed by atoms with Crippen molar-refractivity contribution in [3.05, 3.63) is 45.8 Å². The van der Waals surface area contributed by atoms with Gasteiger partial charge in [0, 0.05) is 30.0 Å². The first-order valence-corrected chi connectivity index (χ1v) is 11.7. The Hall–Kier alpha value is -3.13. The molecule has 8 heteroatoms. The molecule has 0 saturated heterocycles. The standard InChI is InChI=1S/C26H31NO7/c1-15(2)9-23(28)32-21-11-16-10-17-12-22(31-19(17)13-20(16)33-25(21)30)26(3,4)34-24(29)14-27-18-7-5-6-8-18/h9-11,13,18,22,27H,5-8,12,14H2,1-4H3/t22-/m0/s1. The first kappa shape index (κ1) is 24.0. The molecule has 0 radical (unpaired) electrons. The van der Waals surface area contributed by atoms with Crippen molar-refractivity contribution >= 4 is 22.9 Å². The van der Waals surface area contributed by atoms with Gasteiger partial charge in [-0.1, -0.05) is 18.4 Å². The van der Waals surface area contributed by atoms with Gasteiger partial charge in [-0.3, -0.25) is 4.79 Å². The molecule has 2 heterocycles. The molecule has 0 amide bonds. The third-order valence-electron chi connectivity index (χ3n) is 6.22. The van der Waals surface area contributed by atoms with Crippen molar-refractivity contribution in [1.29, 1.82) is 0 Å². The van der Waals surface area contributed by atoms with E-state index in [0.717, 1.165) is 24.0 Å². The summed E-state index contributed by atoms with van der Waals surface area (Å²) >= 11 is 0. The Morgan fingerprint density at radius 2 is 1.91 bits per heavy atom. The highest BCUT2D eigenvalue weighted by atomic mass is 16.6. The number of hydrogen-bond donors (Lipinski definition) is 1. The maximum Gasteiger partial charge on any atom is 0.379 e. The van der Waals surface area contributed by atoms with E-state index in [1.54, 1.807) is 19.9 Å². The maximum absolute atomic E-state index is 12.4. The number of benzene rings is 1. The molecule has 8 nitrogen and oxygen atoms in total. The predicted octanol–water partition coefficient (Wildman–Crippen LogP) is 3.82. The van der Waals surface area contributed by atoms with Crippen molar-refractivity contribution in [2.24, 2.45) is 0 Å². The average Bonchev–Trinajstić information content (AvgIpc) is 3.40. The molecule has 4 rings (SSSR count). The molecule has 2 aliphatic rings. The molecule has 0 unspecified atom stereocenters. The lowest BCUT2D eigenvalue weighted by Gasteiger charge is -2.31. The SMILES string of the molecule is CC(C)=CC(=O)Oc1cc2cc3c(cc2oc1=O)O[C@H](C(C)(C)OC(=O)CNC1CCCC1)C3. The van der Waals surface area contributed by atoms with Gasteiger partial charge in [0.15, 0.2) is 0 Å². The monoisotopic (exact) mass is 469 g/mol. The molecule has 1 saturated carbocycles. The van der Waals surface area contributed by atoms with E-state index in [-0.39, 0.29) is 18.3 Å². The fourth-order valence-corrected chi connectivity index (χ4v) is 4.43. The van der Waals surface area contributed by atoms with Crippen LogP contribution < -0.4 is 20.4 Å². The highest BCUT2D eigenvalue weighted by Gasteiger charge is 2.40. The summed E-state index contributed by atoms with van der Waals surface area (Å²) in [5.74, 6) is -0.546. The maximum atomic E-state index is 12.4. The third kappa shape index (κ3) is 5.50. The molecule has 0 spiro atoms. The number of fused-ring (bicyclic) bond motifs is 2. The van der Waals surface area contributed by atoms with Crippen LogP contribution >= 0.6 is 0 Å². The quantitative estimate of drug-likeness (QED) is 0.371. The van der Waals surface area contributed by atoms with Gasteiger partial charge < -0.3 is 23.9 Å². The van der Waals surface area contributed by atoms with Gasteiger partial charge in [0.1, 0.15) is 23.0 Å². The summed E-state index contributed by atoms with van der Waals surface area (Å²) in [5.41, 5.74) is 0.365. The van der Waals surface area contributed by atoms with Gasteiger partial charge in [-0.15, -0.1) is 0 Å². The zero-order valence-electron chi connectivity index (χ0n) is 20.1. The minimum Gasteiger partial charge on any atom is -0.485 e. The van der Waals surface area contributed by atoms with Crippen molar-refractivity contribution in [2.45, 2.75) is 77.5 Å². The molecule has 0 bridgehead atoms. The highest BCUT2D eigenvalue weighted by molar-refractivity contribution is 5.86.